The molecule has 5 aromatic carbocycles. The summed E-state index contributed by atoms with van der Waals surface area (Å²) >= 11 is 0. The van der Waals surface area contributed by atoms with Crippen molar-refractivity contribution >= 4 is 17.4 Å². The third-order valence-corrected chi connectivity index (χ3v) is 7.59. The van der Waals surface area contributed by atoms with Gasteiger partial charge in [-0.3, -0.25) is 4.98 Å². The molecule has 0 saturated heterocycles. The number of hydrogen-bond donors (Lipinski definition) is 2. The number of pyridine rings is 1. The van der Waals surface area contributed by atoms with Crippen LogP contribution in [0.1, 0.15) is 16.7 Å². The lowest BCUT2D eigenvalue weighted by Gasteiger charge is -2.28. The molecule has 1 aromatic heterocycles. The highest BCUT2D eigenvalue weighted by Gasteiger charge is 2.15. The maximum absolute atomic E-state index is 12.6. The minimum absolute atomic E-state index is 0.257. The lowest BCUT2D eigenvalue weighted by molar-refractivity contribution is 0.251. The molecule has 6 aromatic rings. The summed E-state index contributed by atoms with van der Waals surface area (Å²) in [5.74, 6) is 0. The van der Waals surface area contributed by atoms with Crippen LogP contribution in [0.5, 0.6) is 0 Å². The second kappa shape index (κ2) is 14.0. The van der Waals surface area contributed by atoms with Crippen molar-refractivity contribution in [3.63, 3.8) is 0 Å². The van der Waals surface area contributed by atoms with E-state index in [9.17, 15) is 4.79 Å². The van der Waals surface area contributed by atoms with Crippen molar-refractivity contribution in [2.45, 2.75) is 19.6 Å². The Bertz CT molecular complexity index is 1700. The van der Waals surface area contributed by atoms with E-state index in [0.29, 0.717) is 19.6 Å². The molecule has 0 radical (unpaired) electrons. The second-order valence-corrected chi connectivity index (χ2v) is 10.6. The molecule has 0 aliphatic heterocycles. The molecule has 2 N–H and O–H groups in total. The van der Waals surface area contributed by atoms with Gasteiger partial charge in [0.05, 0.1) is 0 Å². The Morgan fingerprint density at radius 3 is 1.68 bits per heavy atom. The minimum atomic E-state index is -0.257. The van der Waals surface area contributed by atoms with Gasteiger partial charge in [-0.25, -0.2) is 4.79 Å². The molecule has 0 spiro atoms. The standard InChI is InChI=1S/C39H34N4O/c44-39(41-27-30-12-11-25-40-26-30)42-35-21-23-36(24-22-35)43(28-33-17-7-9-19-37(33)31-13-3-1-4-14-31)29-34-18-8-10-20-38(34)32-15-5-2-6-16-32/h1-26H,27-29H2,(H2,41,42,44). The molecular weight excluding hydrogens is 540 g/mol. The zero-order valence-corrected chi connectivity index (χ0v) is 24.4. The number of rotatable bonds is 10. The fourth-order valence-corrected chi connectivity index (χ4v) is 5.38. The molecule has 0 fully saturated rings. The number of urea groups is 1. The molecule has 0 aliphatic carbocycles. The number of carbonyl (C=O) groups excluding carboxylic acids is 1. The minimum Gasteiger partial charge on any atom is -0.363 e. The summed E-state index contributed by atoms with van der Waals surface area (Å²) in [6.07, 6.45) is 3.46. The van der Waals surface area contributed by atoms with Crippen LogP contribution in [0.2, 0.25) is 0 Å². The van der Waals surface area contributed by atoms with Crippen molar-refractivity contribution in [3.05, 3.63) is 175 Å². The highest BCUT2D eigenvalue weighted by atomic mass is 16.2. The van der Waals surface area contributed by atoms with E-state index in [4.69, 9.17) is 0 Å². The normalized spacial score (nSPS) is 10.6. The van der Waals surface area contributed by atoms with Gasteiger partial charge in [0, 0.05) is 43.4 Å². The van der Waals surface area contributed by atoms with E-state index in [-0.39, 0.29) is 6.03 Å². The largest absolute Gasteiger partial charge is 0.363 e. The molecule has 44 heavy (non-hydrogen) atoms. The number of amides is 2. The van der Waals surface area contributed by atoms with Gasteiger partial charge in [0.25, 0.3) is 0 Å². The molecule has 5 nitrogen and oxygen atoms in total. The first-order valence-corrected chi connectivity index (χ1v) is 14.8. The van der Waals surface area contributed by atoms with E-state index in [1.807, 2.05) is 36.4 Å². The van der Waals surface area contributed by atoms with Crippen LogP contribution in [0.3, 0.4) is 0 Å². The van der Waals surface area contributed by atoms with E-state index in [0.717, 1.165) is 16.9 Å². The van der Waals surface area contributed by atoms with E-state index in [2.05, 4.69) is 130 Å². The summed E-state index contributed by atoms with van der Waals surface area (Å²) in [5.41, 5.74) is 10.1. The average molecular weight is 575 g/mol. The molecule has 0 unspecified atom stereocenters. The van der Waals surface area contributed by atoms with Crippen LogP contribution in [0, 0.1) is 0 Å². The highest BCUT2D eigenvalue weighted by Crippen LogP contribution is 2.31. The van der Waals surface area contributed by atoms with E-state index in [1.54, 1.807) is 12.4 Å². The summed E-state index contributed by atoms with van der Waals surface area (Å²) in [6.45, 7) is 1.84. The lowest BCUT2D eigenvalue weighted by atomic mass is 9.97. The van der Waals surface area contributed by atoms with E-state index < -0.39 is 0 Å². The molecule has 0 aliphatic rings. The molecule has 6 rings (SSSR count). The SMILES string of the molecule is O=C(NCc1cccnc1)Nc1ccc(N(Cc2ccccc2-c2ccccc2)Cc2ccccc2-c2ccccc2)cc1. The monoisotopic (exact) mass is 574 g/mol. The van der Waals surface area contributed by atoms with Crippen LogP contribution >= 0.6 is 0 Å². The first-order chi connectivity index (χ1) is 21.7. The van der Waals surface area contributed by atoms with Gasteiger partial charge in [0.2, 0.25) is 0 Å². The van der Waals surface area contributed by atoms with Crippen molar-refractivity contribution < 1.29 is 4.79 Å². The van der Waals surface area contributed by atoms with Gasteiger partial charge >= 0.3 is 6.03 Å². The fraction of sp³-hybridized carbons (Fsp3) is 0.0769. The van der Waals surface area contributed by atoms with Crippen molar-refractivity contribution in [2.24, 2.45) is 0 Å². The second-order valence-electron chi connectivity index (χ2n) is 10.6. The maximum Gasteiger partial charge on any atom is 0.319 e. The number of hydrogen-bond acceptors (Lipinski definition) is 3. The van der Waals surface area contributed by atoms with E-state index >= 15 is 0 Å². The topological polar surface area (TPSA) is 57.3 Å². The Morgan fingerprint density at radius 2 is 1.14 bits per heavy atom. The zero-order chi connectivity index (χ0) is 30.0. The van der Waals surface area contributed by atoms with Crippen LogP contribution in [-0.4, -0.2) is 11.0 Å². The van der Waals surface area contributed by atoms with Crippen molar-refractivity contribution in [2.75, 3.05) is 10.2 Å². The predicted octanol–water partition coefficient (Wildman–Crippen LogP) is 8.94. The Kier molecular flexibility index (Phi) is 9.04. The molecule has 1 heterocycles. The Hall–Kier alpha value is -5.68. The van der Waals surface area contributed by atoms with Gasteiger partial charge in [-0.15, -0.1) is 0 Å². The van der Waals surface area contributed by atoms with Gasteiger partial charge in [-0.1, -0.05) is 115 Å². The van der Waals surface area contributed by atoms with Crippen LogP contribution in [0.25, 0.3) is 22.3 Å². The summed E-state index contributed by atoms with van der Waals surface area (Å²) in [5, 5.41) is 5.84. The Labute approximate surface area is 258 Å². The lowest BCUT2D eigenvalue weighted by Crippen LogP contribution is -2.28. The summed E-state index contributed by atoms with van der Waals surface area (Å²) in [6, 6.07) is 49.9. The first kappa shape index (κ1) is 28.4. The summed E-state index contributed by atoms with van der Waals surface area (Å²) < 4.78 is 0. The third kappa shape index (κ3) is 7.20. The highest BCUT2D eigenvalue weighted by molar-refractivity contribution is 5.89. The van der Waals surface area contributed by atoms with Crippen molar-refractivity contribution in [1.82, 2.24) is 10.3 Å². The molecule has 2 amide bonds. The molecule has 0 atom stereocenters. The number of benzene rings is 5. The predicted molar refractivity (Wildman–Crippen MR) is 180 cm³/mol. The summed E-state index contributed by atoms with van der Waals surface area (Å²) in [4.78, 5) is 19.1. The average Bonchev–Trinajstić information content (AvgIpc) is 3.09. The van der Waals surface area contributed by atoms with Crippen LogP contribution < -0.4 is 15.5 Å². The molecule has 0 bridgehead atoms. The quantitative estimate of drug-likeness (QED) is 0.172. The molecule has 5 heteroatoms. The smallest absolute Gasteiger partial charge is 0.319 e. The maximum atomic E-state index is 12.6. The van der Waals surface area contributed by atoms with Gasteiger partial charge in [-0.05, 0) is 69.3 Å². The van der Waals surface area contributed by atoms with E-state index in [1.165, 1.54) is 33.4 Å². The Balaban J connectivity index is 1.27. The van der Waals surface area contributed by atoms with Crippen LogP contribution in [0.15, 0.2) is 158 Å². The fourth-order valence-electron chi connectivity index (χ4n) is 5.38. The number of nitrogens with one attached hydrogen (secondary N) is 2. The number of anilines is 2. The van der Waals surface area contributed by atoms with Gasteiger partial charge in [0.1, 0.15) is 0 Å². The van der Waals surface area contributed by atoms with Crippen LogP contribution in [-0.2, 0) is 19.6 Å². The van der Waals surface area contributed by atoms with Gasteiger partial charge in [-0.2, -0.15) is 0 Å². The molecular formula is C39H34N4O. The number of aromatic nitrogens is 1. The summed E-state index contributed by atoms with van der Waals surface area (Å²) in [7, 11) is 0. The molecule has 216 valence electrons. The first-order valence-electron chi connectivity index (χ1n) is 14.8. The zero-order valence-electron chi connectivity index (χ0n) is 24.4. The third-order valence-electron chi connectivity index (χ3n) is 7.59. The van der Waals surface area contributed by atoms with Crippen molar-refractivity contribution in [3.8, 4) is 22.3 Å². The van der Waals surface area contributed by atoms with Crippen molar-refractivity contribution in [1.29, 1.82) is 0 Å². The Morgan fingerprint density at radius 1 is 0.591 bits per heavy atom. The van der Waals surface area contributed by atoms with Gasteiger partial charge < -0.3 is 15.5 Å². The van der Waals surface area contributed by atoms with Crippen LogP contribution in [0.4, 0.5) is 16.2 Å². The number of nitrogens with zero attached hydrogens (tertiary/aromatic N) is 2. The molecule has 0 saturated carbocycles. The van der Waals surface area contributed by atoms with Gasteiger partial charge in [0.15, 0.2) is 0 Å². The number of carbonyl (C=O) groups is 1.